The third kappa shape index (κ3) is 2.77. The van der Waals surface area contributed by atoms with E-state index in [1.165, 1.54) is 0 Å². The molecule has 0 radical (unpaired) electrons. The Kier molecular flexibility index (Phi) is 3.76. The van der Waals surface area contributed by atoms with Crippen molar-refractivity contribution >= 4 is 10.8 Å². The van der Waals surface area contributed by atoms with Crippen LogP contribution in [0.2, 0.25) is 0 Å². The van der Waals surface area contributed by atoms with Gasteiger partial charge in [-0.2, -0.15) is 0 Å². The zero-order chi connectivity index (χ0) is 13.1. The first-order valence-electron chi connectivity index (χ1n) is 6.97. The largest absolute Gasteiger partial charge is 0.388 e. The minimum Gasteiger partial charge on any atom is -0.388 e. The lowest BCUT2D eigenvalue weighted by molar-refractivity contribution is 0.0815. The smallest absolute Gasteiger partial charge is 0.0797 e. The molecule has 0 amide bonds. The van der Waals surface area contributed by atoms with E-state index < -0.39 is 6.10 Å². The predicted molar refractivity (Wildman–Crippen MR) is 74.9 cm³/mol. The summed E-state index contributed by atoms with van der Waals surface area (Å²) in [6.45, 7) is 0.876. The van der Waals surface area contributed by atoms with Crippen molar-refractivity contribution in [3.05, 3.63) is 42.2 Å². The van der Waals surface area contributed by atoms with E-state index in [2.05, 4.69) is 4.98 Å². The molecular formula is C16H19NO2. The van der Waals surface area contributed by atoms with E-state index in [-0.39, 0.29) is 0 Å². The van der Waals surface area contributed by atoms with Crippen LogP contribution in [0.1, 0.15) is 37.4 Å². The van der Waals surface area contributed by atoms with Crippen LogP contribution in [-0.4, -0.2) is 22.8 Å². The summed E-state index contributed by atoms with van der Waals surface area (Å²) in [6, 6.07) is 7.98. The average molecular weight is 257 g/mol. The molecule has 2 heterocycles. The number of aliphatic hydroxyl groups is 1. The van der Waals surface area contributed by atoms with Crippen LogP contribution in [0.5, 0.6) is 0 Å². The summed E-state index contributed by atoms with van der Waals surface area (Å²) >= 11 is 0. The van der Waals surface area contributed by atoms with Crippen LogP contribution in [-0.2, 0) is 4.74 Å². The number of benzene rings is 1. The lowest BCUT2D eigenvalue weighted by Gasteiger charge is -2.16. The second-order valence-corrected chi connectivity index (χ2v) is 5.17. The van der Waals surface area contributed by atoms with Gasteiger partial charge in [0.2, 0.25) is 0 Å². The Morgan fingerprint density at radius 2 is 2.32 bits per heavy atom. The van der Waals surface area contributed by atoms with Crippen LogP contribution in [0.25, 0.3) is 10.8 Å². The quantitative estimate of drug-likeness (QED) is 0.914. The monoisotopic (exact) mass is 257 g/mol. The Morgan fingerprint density at radius 3 is 3.16 bits per heavy atom. The van der Waals surface area contributed by atoms with Crippen molar-refractivity contribution in [1.29, 1.82) is 0 Å². The third-order valence-corrected chi connectivity index (χ3v) is 3.86. The van der Waals surface area contributed by atoms with Gasteiger partial charge in [-0.25, -0.2) is 0 Å². The van der Waals surface area contributed by atoms with E-state index >= 15 is 0 Å². The molecule has 3 nitrogen and oxygen atoms in total. The van der Waals surface area contributed by atoms with Gasteiger partial charge in [-0.3, -0.25) is 4.98 Å². The Morgan fingerprint density at radius 1 is 1.37 bits per heavy atom. The SMILES string of the molecule is OC(CCC1CCCO1)c1cccc2cnccc12. The molecule has 2 aromatic rings. The molecule has 1 aliphatic heterocycles. The van der Waals surface area contributed by atoms with Crippen molar-refractivity contribution in [2.24, 2.45) is 0 Å². The van der Waals surface area contributed by atoms with E-state index in [1.54, 1.807) is 6.20 Å². The van der Waals surface area contributed by atoms with E-state index in [0.29, 0.717) is 6.10 Å². The van der Waals surface area contributed by atoms with Crippen LogP contribution >= 0.6 is 0 Å². The first kappa shape index (κ1) is 12.6. The molecule has 1 aromatic heterocycles. The lowest BCUT2D eigenvalue weighted by atomic mass is 9.97. The molecule has 1 aromatic carbocycles. The summed E-state index contributed by atoms with van der Waals surface area (Å²) in [5.74, 6) is 0. The molecule has 1 aliphatic rings. The summed E-state index contributed by atoms with van der Waals surface area (Å²) in [5.41, 5.74) is 0.998. The minimum absolute atomic E-state index is 0.339. The second-order valence-electron chi connectivity index (χ2n) is 5.17. The second kappa shape index (κ2) is 5.68. The van der Waals surface area contributed by atoms with Gasteiger partial charge in [-0.15, -0.1) is 0 Å². The molecule has 2 atom stereocenters. The van der Waals surface area contributed by atoms with Gasteiger partial charge < -0.3 is 9.84 Å². The van der Waals surface area contributed by atoms with Crippen molar-refractivity contribution in [2.75, 3.05) is 6.61 Å². The van der Waals surface area contributed by atoms with Gasteiger partial charge in [0.25, 0.3) is 0 Å². The van der Waals surface area contributed by atoms with E-state index in [9.17, 15) is 5.11 Å². The van der Waals surface area contributed by atoms with Gasteiger partial charge >= 0.3 is 0 Å². The molecule has 3 rings (SSSR count). The van der Waals surface area contributed by atoms with Crippen molar-refractivity contribution < 1.29 is 9.84 Å². The van der Waals surface area contributed by atoms with Gasteiger partial charge in [0, 0.05) is 24.4 Å². The number of hydrogen-bond acceptors (Lipinski definition) is 3. The van der Waals surface area contributed by atoms with Crippen LogP contribution in [0.3, 0.4) is 0 Å². The summed E-state index contributed by atoms with van der Waals surface area (Å²) in [5, 5.41) is 12.6. The van der Waals surface area contributed by atoms with Crippen molar-refractivity contribution in [3.63, 3.8) is 0 Å². The number of fused-ring (bicyclic) bond motifs is 1. The fraction of sp³-hybridized carbons (Fsp3) is 0.438. The Bertz CT molecular complexity index is 544. The fourth-order valence-electron chi connectivity index (χ4n) is 2.81. The van der Waals surface area contributed by atoms with Gasteiger partial charge in [0.05, 0.1) is 12.2 Å². The maximum Gasteiger partial charge on any atom is 0.0797 e. The number of aromatic nitrogens is 1. The fourth-order valence-corrected chi connectivity index (χ4v) is 2.81. The predicted octanol–water partition coefficient (Wildman–Crippen LogP) is 3.23. The standard InChI is InChI=1S/C16H19NO2/c18-16(7-6-13-4-2-10-19-13)15-5-1-3-12-11-17-9-8-14(12)15/h1,3,5,8-9,11,13,16,18H,2,4,6-7,10H2. The third-order valence-electron chi connectivity index (χ3n) is 3.86. The lowest BCUT2D eigenvalue weighted by Crippen LogP contribution is -2.08. The number of nitrogens with zero attached hydrogens (tertiary/aromatic N) is 1. The Hall–Kier alpha value is -1.45. The Balaban J connectivity index is 1.75. The molecular weight excluding hydrogens is 238 g/mol. The molecule has 1 N–H and O–H groups in total. The van der Waals surface area contributed by atoms with Gasteiger partial charge in [0.1, 0.15) is 0 Å². The van der Waals surface area contributed by atoms with E-state index in [0.717, 1.165) is 48.6 Å². The normalized spacial score (nSPS) is 20.8. The summed E-state index contributed by atoms with van der Waals surface area (Å²) in [6.07, 6.45) is 7.51. The topological polar surface area (TPSA) is 42.4 Å². The molecule has 2 unspecified atom stereocenters. The average Bonchev–Trinajstić information content (AvgIpc) is 2.97. The van der Waals surface area contributed by atoms with Crippen molar-refractivity contribution in [3.8, 4) is 0 Å². The maximum atomic E-state index is 10.4. The molecule has 0 saturated carbocycles. The first-order chi connectivity index (χ1) is 9.34. The zero-order valence-electron chi connectivity index (χ0n) is 11.0. The molecule has 100 valence electrons. The highest BCUT2D eigenvalue weighted by Gasteiger charge is 2.18. The van der Waals surface area contributed by atoms with E-state index in [1.807, 2.05) is 30.5 Å². The summed E-state index contributed by atoms with van der Waals surface area (Å²) < 4.78 is 5.61. The summed E-state index contributed by atoms with van der Waals surface area (Å²) in [7, 11) is 0. The minimum atomic E-state index is -0.421. The van der Waals surface area contributed by atoms with Gasteiger partial charge in [-0.1, -0.05) is 18.2 Å². The molecule has 1 saturated heterocycles. The highest BCUT2D eigenvalue weighted by Crippen LogP contribution is 2.28. The van der Waals surface area contributed by atoms with E-state index in [4.69, 9.17) is 4.74 Å². The number of pyridine rings is 1. The molecule has 0 aliphatic carbocycles. The van der Waals surface area contributed by atoms with Gasteiger partial charge in [-0.05, 0) is 42.7 Å². The van der Waals surface area contributed by atoms with Crippen molar-refractivity contribution in [1.82, 2.24) is 4.98 Å². The van der Waals surface area contributed by atoms with Crippen LogP contribution in [0, 0.1) is 0 Å². The summed E-state index contributed by atoms with van der Waals surface area (Å²) in [4.78, 5) is 4.12. The Labute approximate surface area is 113 Å². The van der Waals surface area contributed by atoms with Gasteiger partial charge in [0.15, 0.2) is 0 Å². The zero-order valence-corrected chi connectivity index (χ0v) is 11.0. The van der Waals surface area contributed by atoms with Crippen LogP contribution in [0.4, 0.5) is 0 Å². The highest BCUT2D eigenvalue weighted by atomic mass is 16.5. The van der Waals surface area contributed by atoms with Crippen molar-refractivity contribution in [2.45, 2.75) is 37.9 Å². The molecule has 3 heteroatoms. The van der Waals surface area contributed by atoms with Crippen LogP contribution < -0.4 is 0 Å². The first-order valence-corrected chi connectivity index (χ1v) is 6.97. The maximum absolute atomic E-state index is 10.4. The number of hydrogen-bond donors (Lipinski definition) is 1. The van der Waals surface area contributed by atoms with Crippen LogP contribution in [0.15, 0.2) is 36.7 Å². The molecule has 0 bridgehead atoms. The molecule has 1 fully saturated rings. The molecule has 19 heavy (non-hydrogen) atoms. The number of rotatable bonds is 4. The number of aliphatic hydroxyl groups excluding tert-OH is 1. The number of ether oxygens (including phenoxy) is 1. The molecule has 0 spiro atoms. The highest BCUT2D eigenvalue weighted by molar-refractivity contribution is 5.85.